The van der Waals surface area contributed by atoms with E-state index in [0.717, 1.165) is 43.2 Å². The largest absolute Gasteiger partial charge is 0.368 e. The number of nitrogens with zero attached hydrogens (tertiary/aromatic N) is 2. The highest BCUT2D eigenvalue weighted by atomic mass is 19.1. The van der Waals surface area contributed by atoms with Crippen LogP contribution in [0.5, 0.6) is 0 Å². The third-order valence-electron chi connectivity index (χ3n) is 6.58. The van der Waals surface area contributed by atoms with Crippen LogP contribution in [0.2, 0.25) is 0 Å². The van der Waals surface area contributed by atoms with Gasteiger partial charge in [-0.2, -0.15) is 0 Å². The second kappa shape index (κ2) is 8.62. The summed E-state index contributed by atoms with van der Waals surface area (Å²) in [7, 11) is 0. The highest BCUT2D eigenvalue weighted by molar-refractivity contribution is 5.52. The van der Waals surface area contributed by atoms with Crippen LogP contribution in [-0.4, -0.2) is 42.9 Å². The molecule has 2 heterocycles. The lowest BCUT2D eigenvalue weighted by Crippen LogP contribution is -2.56. The van der Waals surface area contributed by atoms with E-state index in [1.165, 1.54) is 37.0 Å². The van der Waals surface area contributed by atoms with Gasteiger partial charge in [0.15, 0.2) is 6.23 Å². The molecule has 1 aliphatic carbocycles. The number of fused-ring (bicyclic) bond motifs is 1. The Bertz CT molecular complexity index is 741. The molecule has 3 aliphatic rings. The maximum Gasteiger partial charge on any atom is 0.175 e. The molecule has 3 atom stereocenters. The van der Waals surface area contributed by atoms with Crippen molar-refractivity contribution < 1.29 is 14.9 Å². The fourth-order valence-corrected chi connectivity index (χ4v) is 5.26. The highest BCUT2D eigenvalue weighted by Gasteiger charge is 2.51. The highest BCUT2D eigenvalue weighted by Crippen LogP contribution is 2.44. The zero-order valence-electron chi connectivity index (χ0n) is 18.1. The van der Waals surface area contributed by atoms with E-state index in [2.05, 4.69) is 29.9 Å². The van der Waals surface area contributed by atoms with Gasteiger partial charge in [0.2, 0.25) is 0 Å². The zero-order valence-corrected chi connectivity index (χ0v) is 18.1. The molecule has 2 aliphatic heterocycles. The Kier molecular flexibility index (Phi) is 6.13. The van der Waals surface area contributed by atoms with Crippen molar-refractivity contribution in [1.29, 1.82) is 0 Å². The molecule has 1 aromatic carbocycles. The molecular weight excluding hydrogens is 367 g/mol. The van der Waals surface area contributed by atoms with E-state index >= 15 is 0 Å². The van der Waals surface area contributed by atoms with Crippen molar-refractivity contribution in [3.05, 3.63) is 40.8 Å². The van der Waals surface area contributed by atoms with E-state index < -0.39 is 0 Å². The Hall–Kier alpha value is -1.63. The molecule has 1 saturated heterocycles. The smallest absolute Gasteiger partial charge is 0.175 e. The van der Waals surface area contributed by atoms with Crippen LogP contribution >= 0.6 is 0 Å². The number of nitrogens with one attached hydrogen (secondary N) is 1. The number of hydrogen-bond donors (Lipinski definition) is 2. The molecular formula is C23H36FN4O+. The van der Waals surface area contributed by atoms with Crippen LogP contribution in [0.3, 0.4) is 0 Å². The normalized spacial score (nSPS) is 27.2. The number of aryl methyl sites for hydroxylation is 1. The summed E-state index contributed by atoms with van der Waals surface area (Å²) in [5, 5.41) is 2.05. The van der Waals surface area contributed by atoms with Crippen LogP contribution < -0.4 is 16.2 Å². The second-order valence-electron chi connectivity index (χ2n) is 8.85. The minimum Gasteiger partial charge on any atom is -0.368 e. The minimum atomic E-state index is -0.206. The molecule has 6 heteroatoms. The summed E-state index contributed by atoms with van der Waals surface area (Å²) in [5.41, 5.74) is 12.3. The van der Waals surface area contributed by atoms with Gasteiger partial charge in [-0.15, -0.1) is 0 Å². The predicted molar refractivity (Wildman–Crippen MR) is 113 cm³/mol. The van der Waals surface area contributed by atoms with Crippen molar-refractivity contribution in [3.8, 4) is 0 Å². The summed E-state index contributed by atoms with van der Waals surface area (Å²) in [6, 6.07) is 5.33. The molecule has 0 bridgehead atoms. The predicted octanol–water partition coefficient (Wildman–Crippen LogP) is 2.97. The molecule has 3 unspecified atom stereocenters. The molecule has 0 amide bonds. The van der Waals surface area contributed by atoms with Crippen molar-refractivity contribution >= 4 is 5.69 Å². The Morgan fingerprint density at radius 1 is 1.28 bits per heavy atom. The molecule has 0 spiro atoms. The summed E-state index contributed by atoms with van der Waals surface area (Å²) >= 11 is 0. The lowest BCUT2D eigenvalue weighted by molar-refractivity contribution is -0.368. The first-order valence-corrected chi connectivity index (χ1v) is 11.3. The first-order chi connectivity index (χ1) is 14.0. The Balaban J connectivity index is 1.68. The molecule has 1 saturated carbocycles. The van der Waals surface area contributed by atoms with E-state index in [1.807, 2.05) is 18.0 Å². The Labute approximate surface area is 174 Å². The summed E-state index contributed by atoms with van der Waals surface area (Å²) in [4.78, 5) is 2.47. The van der Waals surface area contributed by atoms with Gasteiger partial charge < -0.3 is 15.4 Å². The average molecular weight is 404 g/mol. The van der Waals surface area contributed by atoms with Gasteiger partial charge in [-0.3, -0.25) is 5.01 Å². The first kappa shape index (κ1) is 20.6. The molecule has 5 nitrogen and oxygen atoms in total. The molecule has 4 rings (SSSR count). The van der Waals surface area contributed by atoms with Gasteiger partial charge in [-0.25, -0.2) is 9.82 Å². The van der Waals surface area contributed by atoms with Crippen LogP contribution in [0.4, 0.5) is 10.1 Å². The number of ether oxygens (including phenoxy) is 1. The van der Waals surface area contributed by atoms with Gasteiger partial charge in [-0.1, -0.05) is 25.7 Å². The maximum absolute atomic E-state index is 14.1. The van der Waals surface area contributed by atoms with Crippen molar-refractivity contribution in [2.75, 3.05) is 24.6 Å². The number of quaternary nitrogens is 1. The van der Waals surface area contributed by atoms with Crippen LogP contribution in [-0.2, 0) is 4.74 Å². The number of hydrogen-bond acceptors (Lipinski definition) is 4. The maximum atomic E-state index is 14.1. The van der Waals surface area contributed by atoms with Crippen molar-refractivity contribution in [1.82, 2.24) is 10.3 Å². The molecule has 0 aromatic heterocycles. The summed E-state index contributed by atoms with van der Waals surface area (Å²) in [6.45, 7) is 9.15. The molecule has 160 valence electrons. The van der Waals surface area contributed by atoms with Gasteiger partial charge in [0.05, 0.1) is 24.8 Å². The van der Waals surface area contributed by atoms with Crippen LogP contribution in [0.1, 0.15) is 51.5 Å². The van der Waals surface area contributed by atoms with E-state index in [4.69, 9.17) is 4.74 Å². The molecule has 29 heavy (non-hydrogen) atoms. The fourth-order valence-electron chi connectivity index (χ4n) is 5.26. The summed E-state index contributed by atoms with van der Waals surface area (Å²) in [5.74, 6) is 0.556. The number of epoxide rings is 1. The SMILES string of the molecule is CCN(CC[NH3+])C1=C(CC2CCCC2)C2OC2N(c2cc(C)cc(F)c2)NC1C. The van der Waals surface area contributed by atoms with Crippen molar-refractivity contribution in [3.63, 3.8) is 0 Å². The van der Waals surface area contributed by atoms with Gasteiger partial charge >= 0.3 is 0 Å². The number of hydrazine groups is 1. The van der Waals surface area contributed by atoms with E-state index in [0.29, 0.717) is 0 Å². The zero-order chi connectivity index (χ0) is 20.5. The number of halogens is 1. The minimum absolute atomic E-state index is 0.0639. The third kappa shape index (κ3) is 4.30. The van der Waals surface area contributed by atoms with Gasteiger partial charge in [-0.05, 0) is 62.4 Å². The average Bonchev–Trinajstić information content (AvgIpc) is 3.31. The molecule has 2 fully saturated rings. The quantitative estimate of drug-likeness (QED) is 0.687. The number of likely N-dealkylation sites (N-methyl/N-ethyl adjacent to an activating group) is 1. The van der Waals surface area contributed by atoms with Crippen molar-refractivity contribution in [2.45, 2.75) is 71.2 Å². The van der Waals surface area contributed by atoms with Gasteiger partial charge in [0, 0.05) is 12.2 Å². The molecule has 0 radical (unpaired) electrons. The Morgan fingerprint density at radius 3 is 2.69 bits per heavy atom. The van der Waals surface area contributed by atoms with E-state index in [-0.39, 0.29) is 24.2 Å². The van der Waals surface area contributed by atoms with Gasteiger partial charge in [0.1, 0.15) is 11.9 Å². The summed E-state index contributed by atoms with van der Waals surface area (Å²) < 4.78 is 20.3. The standard InChI is InChI=1S/C23H35FN4O/c1-4-27(10-9-25)21-16(3)26-28(19-12-15(2)11-18(24)14-19)23-22(29-23)20(21)13-17-7-5-6-8-17/h11-12,14,16-17,22-23,26H,4-10,13,25H2,1-3H3/p+1. The first-order valence-electron chi connectivity index (χ1n) is 11.3. The van der Waals surface area contributed by atoms with E-state index in [1.54, 1.807) is 12.1 Å². The molecule has 4 N–H and O–H groups in total. The number of anilines is 1. The second-order valence-corrected chi connectivity index (χ2v) is 8.85. The van der Waals surface area contributed by atoms with Crippen molar-refractivity contribution in [2.24, 2.45) is 5.92 Å². The number of benzene rings is 1. The Morgan fingerprint density at radius 2 is 2.03 bits per heavy atom. The van der Waals surface area contributed by atoms with E-state index in [9.17, 15) is 4.39 Å². The summed E-state index contributed by atoms with van der Waals surface area (Å²) in [6.07, 6.45) is 6.49. The lowest BCUT2D eigenvalue weighted by Gasteiger charge is -2.34. The molecule has 1 aromatic rings. The van der Waals surface area contributed by atoms with Crippen LogP contribution in [0.15, 0.2) is 29.5 Å². The van der Waals surface area contributed by atoms with Gasteiger partial charge in [0.25, 0.3) is 0 Å². The third-order valence-corrected chi connectivity index (χ3v) is 6.58. The monoisotopic (exact) mass is 403 g/mol. The number of rotatable bonds is 7. The lowest BCUT2D eigenvalue weighted by atomic mass is 9.92. The topological polar surface area (TPSA) is 58.7 Å². The van der Waals surface area contributed by atoms with Crippen LogP contribution in [0, 0.1) is 18.7 Å². The fraction of sp³-hybridized carbons (Fsp3) is 0.652. The van der Waals surface area contributed by atoms with Crippen LogP contribution in [0.25, 0.3) is 0 Å².